The number of ether oxygens (including phenoxy) is 1. The van der Waals surface area contributed by atoms with Gasteiger partial charge in [0, 0.05) is 5.56 Å². The number of para-hydroxylation sites is 1. The van der Waals surface area contributed by atoms with Gasteiger partial charge in [-0.3, -0.25) is 0 Å². The Bertz CT molecular complexity index is 641. The number of hydrogen-bond donors (Lipinski definition) is 1. The second kappa shape index (κ2) is 5.92. The Morgan fingerprint density at radius 2 is 1.75 bits per heavy atom. The minimum Gasteiger partial charge on any atom is -0.483 e. The van der Waals surface area contributed by atoms with Crippen molar-refractivity contribution >= 4 is 17.2 Å². The third-order valence-electron chi connectivity index (χ3n) is 2.54. The first-order valence-electron chi connectivity index (χ1n) is 5.63. The average Bonchev–Trinajstić information content (AvgIpc) is 2.37. The Labute approximate surface area is 119 Å². The Hall–Kier alpha value is -2.08. The summed E-state index contributed by atoms with van der Waals surface area (Å²) >= 11 is 4.75. The van der Waals surface area contributed by atoms with Gasteiger partial charge in [0.25, 0.3) is 0 Å². The molecule has 0 heterocycles. The zero-order valence-corrected chi connectivity index (χ0v) is 11.0. The molecule has 0 bridgehead atoms. The number of thiocarbonyl (C=S) groups is 1. The van der Waals surface area contributed by atoms with E-state index in [9.17, 15) is 13.2 Å². The summed E-state index contributed by atoms with van der Waals surface area (Å²) in [6.45, 7) is -0.203. The summed E-state index contributed by atoms with van der Waals surface area (Å²) in [5, 5.41) is 0. The lowest BCUT2D eigenvalue weighted by molar-refractivity contribution is 0.273. The van der Waals surface area contributed by atoms with Crippen LogP contribution in [0, 0.1) is 17.5 Å². The molecule has 2 nitrogen and oxygen atoms in total. The molecule has 2 aromatic rings. The Morgan fingerprint density at radius 1 is 1.10 bits per heavy atom. The molecule has 20 heavy (non-hydrogen) atoms. The van der Waals surface area contributed by atoms with Crippen LogP contribution >= 0.6 is 12.2 Å². The quantitative estimate of drug-likeness (QED) is 0.879. The standard InChI is InChI=1S/C14H10F3NOS/c15-10-5-8(4-9(6-10)14(18)20)7-19-13-11(16)2-1-3-12(13)17/h1-6H,7H2,(H2,18,20). The maximum absolute atomic E-state index is 13.4. The van der Waals surface area contributed by atoms with Crippen molar-refractivity contribution in [3.05, 3.63) is 65.0 Å². The molecule has 104 valence electrons. The molecule has 0 aliphatic heterocycles. The molecule has 0 saturated carbocycles. The fourth-order valence-corrected chi connectivity index (χ4v) is 1.77. The van der Waals surface area contributed by atoms with Gasteiger partial charge in [-0.05, 0) is 35.9 Å². The van der Waals surface area contributed by atoms with E-state index in [-0.39, 0.29) is 11.6 Å². The number of nitrogens with two attached hydrogens (primary N) is 1. The van der Waals surface area contributed by atoms with Crippen LogP contribution in [0.15, 0.2) is 36.4 Å². The summed E-state index contributed by atoms with van der Waals surface area (Å²) in [6, 6.07) is 7.24. The van der Waals surface area contributed by atoms with E-state index in [2.05, 4.69) is 0 Å². The number of benzene rings is 2. The third kappa shape index (κ3) is 3.27. The Kier molecular flexibility index (Phi) is 4.24. The van der Waals surface area contributed by atoms with E-state index in [1.54, 1.807) is 0 Å². The summed E-state index contributed by atoms with van der Waals surface area (Å²) in [7, 11) is 0. The highest BCUT2D eigenvalue weighted by atomic mass is 32.1. The molecule has 2 N–H and O–H groups in total. The second-order valence-electron chi connectivity index (χ2n) is 4.05. The highest BCUT2D eigenvalue weighted by Gasteiger charge is 2.10. The molecule has 0 fully saturated rings. The maximum atomic E-state index is 13.4. The van der Waals surface area contributed by atoms with Crippen molar-refractivity contribution in [3.8, 4) is 5.75 Å². The average molecular weight is 297 g/mol. The van der Waals surface area contributed by atoms with Crippen LogP contribution in [0.4, 0.5) is 13.2 Å². The van der Waals surface area contributed by atoms with Gasteiger partial charge in [-0.15, -0.1) is 0 Å². The summed E-state index contributed by atoms with van der Waals surface area (Å²) in [6.07, 6.45) is 0. The summed E-state index contributed by atoms with van der Waals surface area (Å²) in [4.78, 5) is 0.0304. The van der Waals surface area contributed by atoms with Gasteiger partial charge >= 0.3 is 0 Å². The number of hydrogen-bond acceptors (Lipinski definition) is 2. The first kappa shape index (κ1) is 14.3. The van der Waals surface area contributed by atoms with Crippen LogP contribution in [-0.4, -0.2) is 4.99 Å². The minimum absolute atomic E-state index is 0.0304. The maximum Gasteiger partial charge on any atom is 0.191 e. The van der Waals surface area contributed by atoms with Gasteiger partial charge in [-0.25, -0.2) is 13.2 Å². The topological polar surface area (TPSA) is 35.2 Å². The molecule has 0 amide bonds. The molecule has 0 aromatic heterocycles. The predicted octanol–water partition coefficient (Wildman–Crippen LogP) is 3.32. The fraction of sp³-hybridized carbons (Fsp3) is 0.0714. The normalized spacial score (nSPS) is 10.3. The van der Waals surface area contributed by atoms with Gasteiger partial charge in [0.2, 0.25) is 0 Å². The molecule has 2 rings (SSSR count). The zero-order valence-electron chi connectivity index (χ0n) is 10.2. The third-order valence-corrected chi connectivity index (χ3v) is 2.78. The Morgan fingerprint density at radius 3 is 2.35 bits per heavy atom. The van der Waals surface area contributed by atoms with Gasteiger partial charge in [0.15, 0.2) is 17.4 Å². The van der Waals surface area contributed by atoms with E-state index in [1.807, 2.05) is 0 Å². The van der Waals surface area contributed by atoms with Crippen LogP contribution in [0.25, 0.3) is 0 Å². The van der Waals surface area contributed by atoms with E-state index >= 15 is 0 Å². The van der Waals surface area contributed by atoms with Crippen molar-refractivity contribution < 1.29 is 17.9 Å². The van der Waals surface area contributed by atoms with Crippen molar-refractivity contribution in [2.75, 3.05) is 0 Å². The largest absolute Gasteiger partial charge is 0.483 e. The van der Waals surface area contributed by atoms with Gasteiger partial charge < -0.3 is 10.5 Å². The van der Waals surface area contributed by atoms with E-state index in [1.165, 1.54) is 24.3 Å². The fourth-order valence-electron chi connectivity index (χ4n) is 1.65. The van der Waals surface area contributed by atoms with Crippen LogP contribution in [0.1, 0.15) is 11.1 Å². The van der Waals surface area contributed by atoms with E-state index in [0.29, 0.717) is 11.1 Å². The molecule has 0 unspecified atom stereocenters. The van der Waals surface area contributed by atoms with Crippen LogP contribution in [0.3, 0.4) is 0 Å². The Balaban J connectivity index is 2.21. The molecule has 0 atom stereocenters. The smallest absolute Gasteiger partial charge is 0.191 e. The van der Waals surface area contributed by atoms with Crippen molar-refractivity contribution in [2.24, 2.45) is 5.73 Å². The highest BCUT2D eigenvalue weighted by molar-refractivity contribution is 7.80. The molecule has 0 spiro atoms. The van der Waals surface area contributed by atoms with Gasteiger partial charge in [-0.1, -0.05) is 18.3 Å². The molecular formula is C14H10F3NOS. The summed E-state index contributed by atoms with van der Waals surface area (Å²) in [5.74, 6) is -2.71. The highest BCUT2D eigenvalue weighted by Crippen LogP contribution is 2.22. The molecular weight excluding hydrogens is 287 g/mol. The van der Waals surface area contributed by atoms with Crippen LogP contribution < -0.4 is 10.5 Å². The van der Waals surface area contributed by atoms with E-state index < -0.39 is 23.2 Å². The number of halogens is 3. The van der Waals surface area contributed by atoms with Gasteiger partial charge in [0.05, 0.1) is 0 Å². The molecule has 6 heteroatoms. The second-order valence-corrected chi connectivity index (χ2v) is 4.49. The lowest BCUT2D eigenvalue weighted by Crippen LogP contribution is -2.11. The minimum atomic E-state index is -0.823. The lowest BCUT2D eigenvalue weighted by Gasteiger charge is -2.09. The van der Waals surface area contributed by atoms with Gasteiger partial charge in [-0.2, -0.15) is 0 Å². The molecule has 2 aromatic carbocycles. The van der Waals surface area contributed by atoms with Gasteiger partial charge in [0.1, 0.15) is 17.4 Å². The first-order valence-corrected chi connectivity index (χ1v) is 6.04. The van der Waals surface area contributed by atoms with Crippen LogP contribution in [-0.2, 0) is 6.61 Å². The molecule has 0 aliphatic carbocycles. The number of rotatable bonds is 4. The lowest BCUT2D eigenvalue weighted by atomic mass is 10.1. The molecule has 0 saturated heterocycles. The SMILES string of the molecule is NC(=S)c1cc(F)cc(COc2c(F)cccc2F)c1. The van der Waals surface area contributed by atoms with Crippen molar-refractivity contribution in [1.29, 1.82) is 0 Å². The van der Waals surface area contributed by atoms with Crippen molar-refractivity contribution in [3.63, 3.8) is 0 Å². The molecule has 0 radical (unpaired) electrons. The molecule has 0 aliphatic rings. The first-order chi connectivity index (χ1) is 9.47. The van der Waals surface area contributed by atoms with Crippen molar-refractivity contribution in [1.82, 2.24) is 0 Å². The monoisotopic (exact) mass is 297 g/mol. The zero-order chi connectivity index (χ0) is 14.7. The van der Waals surface area contributed by atoms with Crippen molar-refractivity contribution in [2.45, 2.75) is 6.61 Å². The van der Waals surface area contributed by atoms with Crippen LogP contribution in [0.2, 0.25) is 0 Å². The summed E-state index contributed by atoms with van der Waals surface area (Å²) in [5.41, 5.74) is 6.11. The van der Waals surface area contributed by atoms with E-state index in [4.69, 9.17) is 22.7 Å². The predicted molar refractivity (Wildman–Crippen MR) is 73.0 cm³/mol. The van der Waals surface area contributed by atoms with Crippen LogP contribution in [0.5, 0.6) is 5.75 Å². The summed E-state index contributed by atoms with van der Waals surface area (Å²) < 4.78 is 45.1. The van der Waals surface area contributed by atoms with E-state index in [0.717, 1.165) is 12.1 Å².